The van der Waals surface area contributed by atoms with Gasteiger partial charge in [-0.3, -0.25) is 4.79 Å². The molecule has 0 aliphatic carbocycles. The number of carbonyl (C=O) groups is 1. The van der Waals surface area contributed by atoms with Crippen LogP contribution in [0.1, 0.15) is 26.7 Å². The molecule has 0 radical (unpaired) electrons. The van der Waals surface area contributed by atoms with E-state index in [0.717, 1.165) is 19.4 Å². The zero-order valence-electron chi connectivity index (χ0n) is 8.39. The Morgan fingerprint density at radius 1 is 1.77 bits per heavy atom. The van der Waals surface area contributed by atoms with E-state index in [2.05, 4.69) is 17.6 Å². The predicted molar refractivity (Wildman–Crippen MR) is 52.3 cm³/mol. The molecular formula is C9H19N3O. The molecule has 1 fully saturated rings. The molecule has 4 heteroatoms. The molecule has 0 saturated carbocycles. The van der Waals surface area contributed by atoms with Crippen molar-refractivity contribution in [2.75, 3.05) is 13.1 Å². The van der Waals surface area contributed by atoms with Crippen molar-refractivity contribution in [1.29, 1.82) is 0 Å². The van der Waals surface area contributed by atoms with Gasteiger partial charge in [-0.25, -0.2) is 0 Å². The Balaban J connectivity index is 2.63. The van der Waals surface area contributed by atoms with E-state index in [4.69, 9.17) is 5.73 Å². The summed E-state index contributed by atoms with van der Waals surface area (Å²) in [5, 5.41) is 6.46. The Morgan fingerprint density at radius 2 is 2.46 bits per heavy atom. The molecule has 0 aromatic heterocycles. The van der Waals surface area contributed by atoms with E-state index in [-0.39, 0.29) is 5.91 Å². The summed E-state index contributed by atoms with van der Waals surface area (Å²) in [5.41, 5.74) is 4.88. The minimum atomic E-state index is -0.513. The van der Waals surface area contributed by atoms with Crippen molar-refractivity contribution < 1.29 is 4.79 Å². The number of nitrogens with one attached hydrogen (secondary N) is 2. The molecule has 4 nitrogen and oxygen atoms in total. The third kappa shape index (κ3) is 2.19. The molecule has 76 valence electrons. The number of likely N-dealkylation sites (N-methyl/N-ethyl adjacent to an activating group) is 1. The van der Waals surface area contributed by atoms with Gasteiger partial charge < -0.3 is 16.4 Å². The van der Waals surface area contributed by atoms with Gasteiger partial charge in [-0.2, -0.15) is 0 Å². The SMILES string of the molecule is CCNC1(C(N)=O)CCC(C)NC1. The van der Waals surface area contributed by atoms with Crippen molar-refractivity contribution in [3.8, 4) is 0 Å². The number of amides is 1. The fourth-order valence-corrected chi connectivity index (χ4v) is 1.79. The molecule has 0 aromatic carbocycles. The first-order chi connectivity index (χ1) is 6.10. The Hall–Kier alpha value is -0.610. The van der Waals surface area contributed by atoms with Gasteiger partial charge in [0.05, 0.1) is 0 Å². The Morgan fingerprint density at radius 3 is 2.85 bits per heavy atom. The van der Waals surface area contributed by atoms with E-state index in [1.54, 1.807) is 0 Å². The van der Waals surface area contributed by atoms with Crippen LogP contribution in [0.5, 0.6) is 0 Å². The van der Waals surface area contributed by atoms with Crippen LogP contribution in [0, 0.1) is 0 Å². The van der Waals surface area contributed by atoms with Crippen LogP contribution in [0.3, 0.4) is 0 Å². The quantitative estimate of drug-likeness (QED) is 0.560. The van der Waals surface area contributed by atoms with E-state index in [9.17, 15) is 4.79 Å². The average Bonchev–Trinajstić information content (AvgIpc) is 2.09. The fourth-order valence-electron chi connectivity index (χ4n) is 1.79. The summed E-state index contributed by atoms with van der Waals surface area (Å²) in [6.07, 6.45) is 1.83. The third-order valence-electron chi connectivity index (χ3n) is 2.74. The van der Waals surface area contributed by atoms with Gasteiger partial charge in [0.15, 0.2) is 0 Å². The maximum atomic E-state index is 11.3. The molecule has 13 heavy (non-hydrogen) atoms. The van der Waals surface area contributed by atoms with Gasteiger partial charge >= 0.3 is 0 Å². The predicted octanol–water partition coefficient (Wildman–Crippen LogP) is -0.408. The van der Waals surface area contributed by atoms with Crippen LogP contribution in [0.2, 0.25) is 0 Å². The summed E-state index contributed by atoms with van der Waals surface area (Å²) in [7, 11) is 0. The highest BCUT2D eigenvalue weighted by Crippen LogP contribution is 2.18. The lowest BCUT2D eigenvalue weighted by Gasteiger charge is -2.38. The third-order valence-corrected chi connectivity index (χ3v) is 2.74. The second-order valence-electron chi connectivity index (χ2n) is 3.80. The Labute approximate surface area is 79.3 Å². The minimum absolute atomic E-state index is 0.242. The van der Waals surface area contributed by atoms with Crippen molar-refractivity contribution in [1.82, 2.24) is 10.6 Å². The van der Waals surface area contributed by atoms with Gasteiger partial charge in [0.2, 0.25) is 5.91 Å². The molecule has 4 N–H and O–H groups in total. The van der Waals surface area contributed by atoms with Gasteiger partial charge in [0.25, 0.3) is 0 Å². The number of piperidine rings is 1. The molecule has 1 saturated heterocycles. The summed E-state index contributed by atoms with van der Waals surface area (Å²) < 4.78 is 0. The maximum absolute atomic E-state index is 11.3. The Kier molecular flexibility index (Phi) is 3.27. The molecule has 0 spiro atoms. The van der Waals surface area contributed by atoms with Crippen molar-refractivity contribution in [3.05, 3.63) is 0 Å². The molecule has 2 unspecified atom stereocenters. The minimum Gasteiger partial charge on any atom is -0.368 e. The van der Waals surface area contributed by atoms with Crippen LogP contribution in [-0.2, 0) is 4.79 Å². The van der Waals surface area contributed by atoms with Crippen molar-refractivity contribution in [3.63, 3.8) is 0 Å². The average molecular weight is 185 g/mol. The largest absolute Gasteiger partial charge is 0.368 e. The first-order valence-electron chi connectivity index (χ1n) is 4.89. The van der Waals surface area contributed by atoms with E-state index in [1.165, 1.54) is 0 Å². The molecule has 1 aliphatic rings. The fraction of sp³-hybridized carbons (Fsp3) is 0.889. The zero-order chi connectivity index (χ0) is 9.90. The summed E-state index contributed by atoms with van der Waals surface area (Å²) >= 11 is 0. The van der Waals surface area contributed by atoms with Crippen LogP contribution >= 0.6 is 0 Å². The van der Waals surface area contributed by atoms with Gasteiger partial charge in [-0.05, 0) is 26.3 Å². The number of nitrogens with two attached hydrogens (primary N) is 1. The molecular weight excluding hydrogens is 166 g/mol. The van der Waals surface area contributed by atoms with Crippen molar-refractivity contribution >= 4 is 5.91 Å². The van der Waals surface area contributed by atoms with E-state index >= 15 is 0 Å². The van der Waals surface area contributed by atoms with E-state index in [1.807, 2.05) is 6.92 Å². The lowest BCUT2D eigenvalue weighted by molar-refractivity contribution is -0.125. The second-order valence-corrected chi connectivity index (χ2v) is 3.80. The Bertz CT molecular complexity index is 185. The first kappa shape index (κ1) is 10.5. The number of hydrogen-bond donors (Lipinski definition) is 3. The molecule has 1 heterocycles. The number of rotatable bonds is 3. The van der Waals surface area contributed by atoms with Gasteiger partial charge in [0, 0.05) is 12.6 Å². The normalized spacial score (nSPS) is 34.5. The highest BCUT2D eigenvalue weighted by atomic mass is 16.1. The summed E-state index contributed by atoms with van der Waals surface area (Å²) in [6, 6.07) is 0.492. The van der Waals surface area contributed by atoms with Crippen LogP contribution in [-0.4, -0.2) is 30.6 Å². The summed E-state index contributed by atoms with van der Waals surface area (Å²) in [6.45, 7) is 5.54. The first-order valence-corrected chi connectivity index (χ1v) is 4.89. The molecule has 0 bridgehead atoms. The topological polar surface area (TPSA) is 67.1 Å². The van der Waals surface area contributed by atoms with Crippen molar-refractivity contribution in [2.45, 2.75) is 38.3 Å². The molecule has 0 aromatic rings. The highest BCUT2D eigenvalue weighted by Gasteiger charge is 2.38. The molecule has 2 atom stereocenters. The lowest BCUT2D eigenvalue weighted by Crippen LogP contribution is -2.64. The van der Waals surface area contributed by atoms with Gasteiger partial charge in [0.1, 0.15) is 5.54 Å². The number of carbonyl (C=O) groups excluding carboxylic acids is 1. The summed E-state index contributed by atoms with van der Waals surface area (Å²) in [4.78, 5) is 11.3. The molecule has 1 amide bonds. The van der Waals surface area contributed by atoms with E-state index < -0.39 is 5.54 Å². The standard InChI is InChI=1S/C9H19N3O/c1-3-12-9(8(10)13)5-4-7(2)11-6-9/h7,11-12H,3-6H2,1-2H3,(H2,10,13). The highest BCUT2D eigenvalue weighted by molar-refractivity contribution is 5.85. The zero-order valence-corrected chi connectivity index (χ0v) is 8.39. The molecule has 1 aliphatic heterocycles. The van der Waals surface area contributed by atoms with Gasteiger partial charge in [-0.15, -0.1) is 0 Å². The lowest BCUT2D eigenvalue weighted by atomic mass is 9.86. The van der Waals surface area contributed by atoms with E-state index in [0.29, 0.717) is 12.6 Å². The van der Waals surface area contributed by atoms with Crippen LogP contribution in [0.15, 0.2) is 0 Å². The monoisotopic (exact) mass is 185 g/mol. The van der Waals surface area contributed by atoms with Gasteiger partial charge in [-0.1, -0.05) is 6.92 Å². The van der Waals surface area contributed by atoms with Crippen LogP contribution in [0.25, 0.3) is 0 Å². The smallest absolute Gasteiger partial charge is 0.239 e. The van der Waals surface area contributed by atoms with Crippen LogP contribution < -0.4 is 16.4 Å². The number of primary amides is 1. The second kappa shape index (κ2) is 4.07. The summed E-state index contributed by atoms with van der Waals surface area (Å²) in [5.74, 6) is -0.242. The van der Waals surface area contributed by atoms with Crippen molar-refractivity contribution in [2.24, 2.45) is 5.73 Å². The maximum Gasteiger partial charge on any atom is 0.239 e. The number of hydrogen-bond acceptors (Lipinski definition) is 3. The molecule has 1 rings (SSSR count). The van der Waals surface area contributed by atoms with Crippen LogP contribution in [0.4, 0.5) is 0 Å².